The van der Waals surface area contributed by atoms with Gasteiger partial charge in [0.05, 0.1) is 17.7 Å². The van der Waals surface area contributed by atoms with Gasteiger partial charge in [-0.25, -0.2) is 4.98 Å². The maximum Gasteiger partial charge on any atom is 0.231 e. The van der Waals surface area contributed by atoms with Crippen molar-refractivity contribution in [2.24, 2.45) is 0 Å². The number of nitrogens with zero attached hydrogens (tertiary/aromatic N) is 2. The van der Waals surface area contributed by atoms with Gasteiger partial charge in [0, 0.05) is 24.2 Å². The number of aromatic nitrogens is 1. The summed E-state index contributed by atoms with van der Waals surface area (Å²) in [6, 6.07) is 7.73. The van der Waals surface area contributed by atoms with Crippen molar-refractivity contribution in [2.45, 2.75) is 39.3 Å². The van der Waals surface area contributed by atoms with Crippen LogP contribution in [-0.2, 0) is 17.8 Å². The summed E-state index contributed by atoms with van der Waals surface area (Å²) in [5.41, 5.74) is 2.14. The van der Waals surface area contributed by atoms with Crippen molar-refractivity contribution in [3.8, 4) is 0 Å². The fraction of sp³-hybridized carbons (Fsp3) is 0.444. The molecule has 0 unspecified atom stereocenters. The molecule has 130 valence electrons. The summed E-state index contributed by atoms with van der Waals surface area (Å²) in [6.45, 7) is 6.79. The third-order valence-corrected chi connectivity index (χ3v) is 4.23. The van der Waals surface area contributed by atoms with Crippen molar-refractivity contribution < 1.29 is 9.90 Å². The number of hydrogen-bond donors (Lipinski definition) is 2. The largest absolute Gasteiger partial charge is 0.389 e. The number of benzene rings is 1. The Bertz CT molecular complexity index is 674. The van der Waals surface area contributed by atoms with Crippen LogP contribution in [0.2, 0.25) is 0 Å². The van der Waals surface area contributed by atoms with Crippen molar-refractivity contribution in [2.75, 3.05) is 18.9 Å². The van der Waals surface area contributed by atoms with E-state index in [2.05, 4.69) is 10.3 Å². The second-order valence-electron chi connectivity index (χ2n) is 6.81. The minimum Gasteiger partial charge on any atom is -0.389 e. The lowest BCUT2D eigenvalue weighted by molar-refractivity contribution is -0.115. The van der Waals surface area contributed by atoms with Crippen LogP contribution in [0.15, 0.2) is 29.6 Å². The Morgan fingerprint density at radius 3 is 2.62 bits per heavy atom. The minimum atomic E-state index is -0.735. The van der Waals surface area contributed by atoms with Crippen LogP contribution in [0.3, 0.4) is 0 Å². The average Bonchev–Trinajstić information content (AvgIpc) is 2.86. The number of hydrogen-bond acceptors (Lipinski definition) is 5. The van der Waals surface area contributed by atoms with E-state index in [9.17, 15) is 9.90 Å². The van der Waals surface area contributed by atoms with Crippen LogP contribution < -0.4 is 5.32 Å². The number of carbonyl (C=O) groups excluding carboxylic acids is 1. The van der Waals surface area contributed by atoms with Gasteiger partial charge in [0.2, 0.25) is 5.91 Å². The van der Waals surface area contributed by atoms with E-state index in [4.69, 9.17) is 0 Å². The van der Waals surface area contributed by atoms with Crippen molar-refractivity contribution in [1.29, 1.82) is 0 Å². The summed E-state index contributed by atoms with van der Waals surface area (Å²) in [6.07, 6.45) is 0.272. The topological polar surface area (TPSA) is 65.5 Å². The van der Waals surface area contributed by atoms with Gasteiger partial charge in [0.1, 0.15) is 5.01 Å². The first-order valence-electron chi connectivity index (χ1n) is 7.92. The second-order valence-corrected chi connectivity index (χ2v) is 7.75. The van der Waals surface area contributed by atoms with E-state index in [1.807, 2.05) is 48.5 Å². The van der Waals surface area contributed by atoms with Crippen LogP contribution in [-0.4, -0.2) is 40.1 Å². The summed E-state index contributed by atoms with van der Waals surface area (Å²) >= 11 is 1.49. The van der Waals surface area contributed by atoms with E-state index >= 15 is 0 Å². The number of likely N-dealkylation sites (N-methyl/N-ethyl adjacent to an activating group) is 1. The van der Waals surface area contributed by atoms with Gasteiger partial charge in [0.25, 0.3) is 0 Å². The number of anilines is 1. The first kappa shape index (κ1) is 18.6. The maximum absolute atomic E-state index is 12.1. The normalized spacial score (nSPS) is 11.8. The molecule has 0 saturated carbocycles. The van der Waals surface area contributed by atoms with Gasteiger partial charge in [-0.2, -0.15) is 0 Å². The van der Waals surface area contributed by atoms with Gasteiger partial charge < -0.3 is 10.4 Å². The first-order valence-corrected chi connectivity index (χ1v) is 8.80. The number of amides is 1. The monoisotopic (exact) mass is 347 g/mol. The fourth-order valence-electron chi connectivity index (χ4n) is 2.48. The molecule has 0 radical (unpaired) electrons. The lowest BCUT2D eigenvalue weighted by Crippen LogP contribution is -2.35. The molecule has 0 bridgehead atoms. The van der Waals surface area contributed by atoms with Gasteiger partial charge in [-0.15, -0.1) is 11.3 Å². The zero-order valence-electron chi connectivity index (χ0n) is 14.7. The smallest absolute Gasteiger partial charge is 0.231 e. The molecule has 0 aliphatic carbocycles. The lowest BCUT2D eigenvalue weighted by Gasteiger charge is -2.24. The molecule has 0 aliphatic heterocycles. The third kappa shape index (κ3) is 6.39. The Kier molecular flexibility index (Phi) is 6.10. The van der Waals surface area contributed by atoms with Crippen LogP contribution in [0.1, 0.15) is 30.1 Å². The number of aliphatic hydroxyl groups is 1. The Morgan fingerprint density at radius 1 is 1.33 bits per heavy atom. The van der Waals surface area contributed by atoms with Crippen LogP contribution >= 0.6 is 11.3 Å². The molecule has 1 heterocycles. The van der Waals surface area contributed by atoms with Crippen molar-refractivity contribution in [1.82, 2.24) is 9.88 Å². The minimum absolute atomic E-state index is 0.0652. The fourth-order valence-corrected chi connectivity index (χ4v) is 3.26. The van der Waals surface area contributed by atoms with E-state index in [-0.39, 0.29) is 12.3 Å². The Labute approximate surface area is 147 Å². The number of carbonyl (C=O) groups is 1. The predicted octanol–water partition coefficient (Wildman–Crippen LogP) is 2.84. The molecule has 0 spiro atoms. The third-order valence-electron chi connectivity index (χ3n) is 3.34. The van der Waals surface area contributed by atoms with Gasteiger partial charge in [0.15, 0.2) is 0 Å². The van der Waals surface area contributed by atoms with Gasteiger partial charge in [-0.3, -0.25) is 9.69 Å². The number of thiazole rings is 1. The molecular weight excluding hydrogens is 322 g/mol. The van der Waals surface area contributed by atoms with Crippen LogP contribution in [0, 0.1) is 6.92 Å². The van der Waals surface area contributed by atoms with Crippen LogP contribution in [0.25, 0.3) is 0 Å². The van der Waals surface area contributed by atoms with E-state index in [0.29, 0.717) is 13.1 Å². The average molecular weight is 347 g/mol. The zero-order valence-corrected chi connectivity index (χ0v) is 15.5. The number of rotatable bonds is 7. The molecule has 6 heteroatoms. The highest BCUT2D eigenvalue weighted by Gasteiger charge is 2.16. The summed E-state index contributed by atoms with van der Waals surface area (Å²) in [5.74, 6) is -0.0652. The molecule has 5 nitrogen and oxygen atoms in total. The van der Waals surface area contributed by atoms with Gasteiger partial charge in [-0.1, -0.05) is 17.7 Å². The second kappa shape index (κ2) is 7.88. The summed E-state index contributed by atoms with van der Waals surface area (Å²) in [4.78, 5) is 18.6. The molecule has 0 aliphatic rings. The molecule has 2 N–H and O–H groups in total. The van der Waals surface area contributed by atoms with E-state index in [1.54, 1.807) is 13.8 Å². The summed E-state index contributed by atoms with van der Waals surface area (Å²) < 4.78 is 0. The van der Waals surface area contributed by atoms with Crippen molar-refractivity contribution in [3.05, 3.63) is 45.9 Å². The molecule has 0 fully saturated rings. The molecule has 0 atom stereocenters. The quantitative estimate of drug-likeness (QED) is 0.808. The molecule has 24 heavy (non-hydrogen) atoms. The Hall–Kier alpha value is -1.76. The standard InChI is InChI=1S/C18H25N3O2S/c1-13-5-7-14(8-6-13)19-16(22)9-17-20-15(11-24-17)10-21(4)12-18(2,3)23/h5-8,11,23H,9-10,12H2,1-4H3,(H,19,22). The maximum atomic E-state index is 12.1. The van der Waals surface area contributed by atoms with Crippen molar-refractivity contribution in [3.63, 3.8) is 0 Å². The number of aryl methyl sites for hydroxylation is 1. The molecule has 1 aromatic heterocycles. The van der Waals surface area contributed by atoms with E-state index < -0.39 is 5.60 Å². The van der Waals surface area contributed by atoms with Crippen LogP contribution in [0.4, 0.5) is 5.69 Å². The molecule has 1 aromatic carbocycles. The predicted molar refractivity (Wildman–Crippen MR) is 98.3 cm³/mol. The van der Waals surface area contributed by atoms with E-state index in [0.717, 1.165) is 22.0 Å². The molecular formula is C18H25N3O2S. The highest BCUT2D eigenvalue weighted by molar-refractivity contribution is 7.09. The highest BCUT2D eigenvalue weighted by Crippen LogP contribution is 2.15. The van der Waals surface area contributed by atoms with Crippen LogP contribution in [0.5, 0.6) is 0 Å². The Balaban J connectivity index is 1.86. The molecule has 2 rings (SSSR count). The zero-order chi connectivity index (χ0) is 17.7. The summed E-state index contributed by atoms with van der Waals surface area (Å²) in [7, 11) is 1.95. The molecule has 1 amide bonds. The number of nitrogens with one attached hydrogen (secondary N) is 1. The van der Waals surface area contributed by atoms with Crippen molar-refractivity contribution >= 4 is 22.9 Å². The molecule has 0 saturated heterocycles. The lowest BCUT2D eigenvalue weighted by atomic mass is 10.1. The van der Waals surface area contributed by atoms with Gasteiger partial charge in [-0.05, 0) is 40.0 Å². The van der Waals surface area contributed by atoms with E-state index in [1.165, 1.54) is 11.3 Å². The first-order chi connectivity index (χ1) is 11.2. The summed E-state index contributed by atoms with van der Waals surface area (Å²) in [5, 5.41) is 15.5. The van der Waals surface area contributed by atoms with Gasteiger partial charge >= 0.3 is 0 Å². The highest BCUT2D eigenvalue weighted by atomic mass is 32.1. The Morgan fingerprint density at radius 2 is 2.00 bits per heavy atom. The molecule has 2 aromatic rings. The SMILES string of the molecule is Cc1ccc(NC(=O)Cc2nc(CN(C)CC(C)(C)O)cs2)cc1.